The normalized spacial score (nSPS) is 15.9. The van der Waals surface area contributed by atoms with Crippen LogP contribution in [0.5, 0.6) is 5.75 Å². The third-order valence-electron chi connectivity index (χ3n) is 4.24. The van der Waals surface area contributed by atoms with E-state index in [2.05, 4.69) is 20.9 Å². The van der Waals surface area contributed by atoms with Crippen LogP contribution < -0.4 is 15.4 Å². The Morgan fingerprint density at radius 3 is 2.96 bits per heavy atom. The van der Waals surface area contributed by atoms with Gasteiger partial charge in [-0.1, -0.05) is 5.21 Å². The molecule has 3 aromatic rings. The van der Waals surface area contributed by atoms with E-state index in [4.69, 9.17) is 4.74 Å². The van der Waals surface area contributed by atoms with Gasteiger partial charge in [-0.2, -0.15) is 0 Å². The fraction of sp³-hybridized carbons (Fsp3) is 0.222. The minimum Gasteiger partial charge on any atom is -0.479 e. The van der Waals surface area contributed by atoms with Gasteiger partial charge in [-0.15, -0.1) is 5.10 Å². The Morgan fingerprint density at radius 2 is 2.15 bits per heavy atom. The largest absolute Gasteiger partial charge is 0.479 e. The van der Waals surface area contributed by atoms with Crippen LogP contribution in [-0.2, 0) is 11.3 Å². The molecule has 1 unspecified atom stereocenters. The molecule has 2 amide bonds. The molecule has 132 valence electrons. The molecule has 2 N–H and O–H groups in total. The third-order valence-corrected chi connectivity index (χ3v) is 4.24. The first-order chi connectivity index (χ1) is 12.5. The Hall–Kier alpha value is -3.42. The van der Waals surface area contributed by atoms with Gasteiger partial charge < -0.3 is 15.4 Å². The van der Waals surface area contributed by atoms with Crippen LogP contribution in [0.4, 0.5) is 11.4 Å². The van der Waals surface area contributed by atoms with E-state index < -0.39 is 6.10 Å². The number of rotatable bonds is 3. The fourth-order valence-electron chi connectivity index (χ4n) is 2.84. The van der Waals surface area contributed by atoms with Crippen molar-refractivity contribution >= 4 is 34.2 Å². The Balaban J connectivity index is 1.57. The van der Waals surface area contributed by atoms with Gasteiger partial charge in [0.25, 0.3) is 11.8 Å². The van der Waals surface area contributed by atoms with Gasteiger partial charge in [-0.25, -0.2) is 4.68 Å². The number of ether oxygens (including phenoxy) is 1. The molecule has 0 aliphatic carbocycles. The van der Waals surface area contributed by atoms with Crippen molar-refractivity contribution in [3.05, 3.63) is 42.0 Å². The molecular weight excluding hydrogens is 334 g/mol. The van der Waals surface area contributed by atoms with Crippen LogP contribution in [0.25, 0.3) is 11.0 Å². The molecule has 0 spiro atoms. The summed E-state index contributed by atoms with van der Waals surface area (Å²) >= 11 is 0. The molecule has 0 saturated carbocycles. The smallest absolute Gasteiger partial charge is 0.265 e. The summed E-state index contributed by atoms with van der Waals surface area (Å²) in [4.78, 5) is 24.3. The van der Waals surface area contributed by atoms with E-state index in [1.165, 1.54) is 0 Å². The molecule has 8 nitrogen and oxygen atoms in total. The Kier molecular flexibility index (Phi) is 3.80. The number of fused-ring (bicyclic) bond motifs is 2. The molecule has 8 heteroatoms. The topological polar surface area (TPSA) is 98.1 Å². The Bertz CT molecular complexity index is 1030. The van der Waals surface area contributed by atoms with Crippen LogP contribution in [0, 0.1) is 0 Å². The zero-order valence-corrected chi connectivity index (χ0v) is 14.3. The molecule has 0 bridgehead atoms. The number of hydrogen-bond acceptors (Lipinski definition) is 5. The molecule has 1 atom stereocenters. The second-order valence-corrected chi connectivity index (χ2v) is 6.02. The maximum Gasteiger partial charge on any atom is 0.265 e. The van der Waals surface area contributed by atoms with Crippen molar-refractivity contribution in [1.29, 1.82) is 0 Å². The van der Waals surface area contributed by atoms with Gasteiger partial charge in [0.05, 0.1) is 11.2 Å². The molecule has 1 aromatic heterocycles. The second kappa shape index (κ2) is 6.14. The van der Waals surface area contributed by atoms with Crippen molar-refractivity contribution in [3.63, 3.8) is 0 Å². The Morgan fingerprint density at radius 1 is 1.31 bits per heavy atom. The molecule has 2 aromatic carbocycles. The van der Waals surface area contributed by atoms with Gasteiger partial charge in [0.1, 0.15) is 11.3 Å². The van der Waals surface area contributed by atoms with Crippen LogP contribution in [0.2, 0.25) is 0 Å². The molecule has 0 fully saturated rings. The molecular formula is C18H17N5O3. The summed E-state index contributed by atoms with van der Waals surface area (Å²) in [5, 5.41) is 13.7. The van der Waals surface area contributed by atoms with E-state index in [1.54, 1.807) is 41.9 Å². The third kappa shape index (κ3) is 2.75. The number of aromatic nitrogens is 3. The highest BCUT2D eigenvalue weighted by Crippen LogP contribution is 2.32. The number of hydrogen-bond donors (Lipinski definition) is 2. The summed E-state index contributed by atoms with van der Waals surface area (Å²) in [6, 6.07) is 10.4. The summed E-state index contributed by atoms with van der Waals surface area (Å²) in [6.45, 7) is 4.37. The standard InChI is InChI=1S/C18H17N5O3/c1-3-23-15-6-4-11(8-13(15)21-22-23)18(25)19-12-5-7-16-14(9-12)20-17(24)10(2)26-16/h4-10H,3H2,1-2H3,(H,19,25)(H,20,24). The average Bonchev–Trinajstić information content (AvgIpc) is 3.05. The summed E-state index contributed by atoms with van der Waals surface area (Å²) in [6.07, 6.45) is -0.536. The van der Waals surface area contributed by atoms with Crippen LogP contribution >= 0.6 is 0 Å². The van der Waals surface area contributed by atoms with Gasteiger partial charge in [0, 0.05) is 17.8 Å². The highest BCUT2D eigenvalue weighted by molar-refractivity contribution is 6.06. The SMILES string of the molecule is CCn1nnc2cc(C(=O)Nc3ccc4c(c3)NC(=O)C(C)O4)ccc21. The van der Waals surface area contributed by atoms with E-state index in [0.717, 1.165) is 5.52 Å². The lowest BCUT2D eigenvalue weighted by Crippen LogP contribution is -2.34. The summed E-state index contributed by atoms with van der Waals surface area (Å²) in [5.74, 6) is 0.0902. The van der Waals surface area contributed by atoms with Gasteiger partial charge in [-0.3, -0.25) is 9.59 Å². The van der Waals surface area contributed by atoms with E-state index >= 15 is 0 Å². The number of benzene rings is 2. The van der Waals surface area contributed by atoms with E-state index in [-0.39, 0.29) is 11.8 Å². The van der Waals surface area contributed by atoms with E-state index in [1.807, 2.05) is 13.0 Å². The molecule has 0 saturated heterocycles. The molecule has 2 heterocycles. The zero-order valence-electron chi connectivity index (χ0n) is 14.3. The van der Waals surface area contributed by atoms with Crippen LogP contribution in [0.3, 0.4) is 0 Å². The number of carbonyl (C=O) groups is 2. The highest BCUT2D eigenvalue weighted by Gasteiger charge is 2.23. The number of anilines is 2. The number of amides is 2. The van der Waals surface area contributed by atoms with E-state index in [0.29, 0.717) is 34.7 Å². The lowest BCUT2D eigenvalue weighted by molar-refractivity contribution is -0.122. The van der Waals surface area contributed by atoms with Crippen LogP contribution in [0.1, 0.15) is 24.2 Å². The van der Waals surface area contributed by atoms with Gasteiger partial charge in [0.15, 0.2) is 6.10 Å². The maximum atomic E-state index is 12.5. The van der Waals surface area contributed by atoms with Crippen molar-refractivity contribution in [2.75, 3.05) is 10.6 Å². The predicted molar refractivity (Wildman–Crippen MR) is 96.3 cm³/mol. The van der Waals surface area contributed by atoms with Crippen molar-refractivity contribution in [2.45, 2.75) is 26.5 Å². The minimum absolute atomic E-state index is 0.217. The molecule has 1 aliphatic heterocycles. The first-order valence-electron chi connectivity index (χ1n) is 8.31. The second-order valence-electron chi connectivity index (χ2n) is 6.02. The molecule has 4 rings (SSSR count). The van der Waals surface area contributed by atoms with Crippen molar-refractivity contribution in [1.82, 2.24) is 15.0 Å². The van der Waals surface area contributed by atoms with Gasteiger partial charge >= 0.3 is 0 Å². The van der Waals surface area contributed by atoms with Gasteiger partial charge in [0.2, 0.25) is 0 Å². The minimum atomic E-state index is -0.536. The van der Waals surface area contributed by atoms with E-state index in [9.17, 15) is 9.59 Å². The molecule has 0 radical (unpaired) electrons. The highest BCUT2D eigenvalue weighted by atomic mass is 16.5. The number of aryl methyl sites for hydroxylation is 1. The first-order valence-corrected chi connectivity index (χ1v) is 8.31. The summed E-state index contributed by atoms with van der Waals surface area (Å²) in [7, 11) is 0. The average molecular weight is 351 g/mol. The number of nitrogens with zero attached hydrogens (tertiary/aromatic N) is 3. The fourth-order valence-corrected chi connectivity index (χ4v) is 2.84. The van der Waals surface area contributed by atoms with Crippen LogP contribution in [0.15, 0.2) is 36.4 Å². The van der Waals surface area contributed by atoms with Crippen molar-refractivity contribution in [2.24, 2.45) is 0 Å². The van der Waals surface area contributed by atoms with Crippen molar-refractivity contribution in [3.8, 4) is 5.75 Å². The monoisotopic (exact) mass is 351 g/mol. The zero-order chi connectivity index (χ0) is 18.3. The van der Waals surface area contributed by atoms with Crippen LogP contribution in [-0.4, -0.2) is 32.9 Å². The lowest BCUT2D eigenvalue weighted by atomic mass is 10.1. The molecule has 26 heavy (non-hydrogen) atoms. The van der Waals surface area contributed by atoms with Gasteiger partial charge in [-0.05, 0) is 50.2 Å². The predicted octanol–water partition coefficient (Wildman–Crippen LogP) is 2.42. The number of nitrogens with one attached hydrogen (secondary N) is 2. The van der Waals surface area contributed by atoms with Crippen molar-refractivity contribution < 1.29 is 14.3 Å². The first kappa shape index (κ1) is 16.1. The molecule has 1 aliphatic rings. The Labute approximate surface area is 149 Å². The summed E-state index contributed by atoms with van der Waals surface area (Å²) in [5.41, 5.74) is 3.12. The summed E-state index contributed by atoms with van der Waals surface area (Å²) < 4.78 is 7.28. The quantitative estimate of drug-likeness (QED) is 0.755. The lowest BCUT2D eigenvalue weighted by Gasteiger charge is -2.23. The maximum absolute atomic E-state index is 12.5. The number of carbonyl (C=O) groups excluding carboxylic acids is 2.